The van der Waals surface area contributed by atoms with E-state index in [0.717, 1.165) is 19.3 Å². The van der Waals surface area contributed by atoms with Crippen LogP contribution < -0.4 is 5.43 Å². The molecule has 0 bridgehead atoms. The first-order valence-electron chi connectivity index (χ1n) is 3.64. The summed E-state index contributed by atoms with van der Waals surface area (Å²) in [4.78, 5) is 11.1. The van der Waals surface area contributed by atoms with Gasteiger partial charge in [-0.15, -0.1) is 0 Å². The number of carbonyl (C=O) groups is 1. The van der Waals surface area contributed by atoms with Gasteiger partial charge in [0.05, 0.1) is 0 Å². The molecule has 0 aliphatic carbocycles. The molecule has 1 amide bonds. The van der Waals surface area contributed by atoms with Crippen molar-refractivity contribution in [2.24, 2.45) is 0 Å². The van der Waals surface area contributed by atoms with Crippen molar-refractivity contribution >= 4 is 13.2 Å². The van der Waals surface area contributed by atoms with Crippen molar-refractivity contribution in [1.29, 1.82) is 0 Å². The van der Waals surface area contributed by atoms with E-state index in [-0.39, 0.29) is 5.91 Å². The second-order valence-electron chi connectivity index (χ2n) is 2.40. The predicted molar refractivity (Wildman–Crippen MR) is 40.8 cm³/mol. The first kappa shape index (κ1) is 7.60. The number of carbonyl (C=O) groups excluding carboxylic acids is 1. The average Bonchev–Trinajstić information content (AvgIpc) is 2.13. The predicted octanol–water partition coefficient (Wildman–Crippen LogP) is -0.106. The van der Waals surface area contributed by atoms with E-state index in [1.807, 2.05) is 7.28 Å². The molecule has 1 radical (unpaired) electrons. The van der Waals surface area contributed by atoms with Crippen LogP contribution in [0.15, 0.2) is 0 Å². The Bertz CT molecular complexity index is 129. The summed E-state index contributed by atoms with van der Waals surface area (Å²) in [5, 5.41) is 1.67. The summed E-state index contributed by atoms with van der Waals surface area (Å²) in [5.41, 5.74) is 2.86. The second kappa shape index (κ2) is 3.61. The molecule has 55 valence electrons. The van der Waals surface area contributed by atoms with Crippen molar-refractivity contribution in [3.8, 4) is 0 Å². The fourth-order valence-corrected chi connectivity index (χ4v) is 1.09. The normalized spacial score (nSPS) is 20.1. The Morgan fingerprint density at radius 1 is 1.70 bits per heavy atom. The van der Waals surface area contributed by atoms with E-state index >= 15 is 0 Å². The Morgan fingerprint density at radius 2 is 2.50 bits per heavy atom. The van der Waals surface area contributed by atoms with Crippen LogP contribution in [0.2, 0.25) is 12.6 Å². The highest BCUT2D eigenvalue weighted by Gasteiger charge is 2.14. The van der Waals surface area contributed by atoms with Crippen molar-refractivity contribution in [1.82, 2.24) is 10.4 Å². The third-order valence-electron chi connectivity index (χ3n) is 1.68. The van der Waals surface area contributed by atoms with E-state index in [2.05, 4.69) is 5.43 Å². The quantitative estimate of drug-likeness (QED) is 0.514. The van der Waals surface area contributed by atoms with Crippen LogP contribution in [0.3, 0.4) is 0 Å². The van der Waals surface area contributed by atoms with Gasteiger partial charge in [0.2, 0.25) is 5.91 Å². The summed E-state index contributed by atoms with van der Waals surface area (Å²) in [5.74, 6) is 0.181. The largest absolute Gasteiger partial charge is 0.279 e. The van der Waals surface area contributed by atoms with Crippen LogP contribution in [0.4, 0.5) is 0 Å². The highest BCUT2D eigenvalue weighted by molar-refractivity contribution is 6.41. The molecular weight excluding hydrogens is 127 g/mol. The fourth-order valence-electron chi connectivity index (χ4n) is 1.09. The minimum Gasteiger partial charge on any atom is -0.279 e. The number of hydrazine groups is 1. The molecule has 0 spiro atoms. The lowest BCUT2D eigenvalue weighted by Gasteiger charge is -2.18. The zero-order valence-corrected chi connectivity index (χ0v) is 6.26. The number of nitrogens with zero attached hydrogens (tertiary/aromatic N) is 1. The lowest BCUT2D eigenvalue weighted by molar-refractivity contribution is -0.131. The first-order chi connectivity index (χ1) is 4.84. The molecule has 0 unspecified atom stereocenters. The second-order valence-corrected chi connectivity index (χ2v) is 2.40. The van der Waals surface area contributed by atoms with Crippen molar-refractivity contribution < 1.29 is 4.79 Å². The first-order valence-corrected chi connectivity index (χ1v) is 3.64. The van der Waals surface area contributed by atoms with Gasteiger partial charge in [-0.05, 0) is 12.7 Å². The molecule has 0 saturated carbocycles. The SMILES string of the molecule is CNN1CCC[B]CC1=O. The van der Waals surface area contributed by atoms with E-state index in [4.69, 9.17) is 0 Å². The van der Waals surface area contributed by atoms with Gasteiger partial charge in [-0.1, -0.05) is 6.32 Å². The topological polar surface area (TPSA) is 32.3 Å². The summed E-state index contributed by atoms with van der Waals surface area (Å²) in [6, 6.07) is 0. The maximum absolute atomic E-state index is 11.1. The maximum atomic E-state index is 11.1. The summed E-state index contributed by atoms with van der Waals surface area (Å²) >= 11 is 0. The molecule has 10 heavy (non-hydrogen) atoms. The molecule has 0 aromatic heterocycles. The van der Waals surface area contributed by atoms with E-state index < -0.39 is 0 Å². The summed E-state index contributed by atoms with van der Waals surface area (Å²) in [6.45, 7) is 0.839. The zero-order valence-electron chi connectivity index (χ0n) is 6.26. The number of amides is 1. The summed E-state index contributed by atoms with van der Waals surface area (Å²) in [7, 11) is 3.82. The van der Waals surface area contributed by atoms with E-state index in [1.54, 1.807) is 12.1 Å². The van der Waals surface area contributed by atoms with Gasteiger partial charge < -0.3 is 0 Å². The Morgan fingerprint density at radius 3 is 3.20 bits per heavy atom. The molecule has 1 fully saturated rings. The molecule has 1 aliphatic rings. The van der Waals surface area contributed by atoms with Crippen LogP contribution in [0.1, 0.15) is 6.42 Å². The lowest BCUT2D eigenvalue weighted by atomic mass is 9.71. The van der Waals surface area contributed by atoms with Crippen LogP contribution in [-0.4, -0.2) is 31.8 Å². The molecule has 1 heterocycles. The molecular formula is C6H12BN2O. The Balaban J connectivity index is 2.43. The van der Waals surface area contributed by atoms with E-state index in [9.17, 15) is 4.79 Å². The molecule has 1 aliphatic heterocycles. The monoisotopic (exact) mass is 139 g/mol. The smallest absolute Gasteiger partial charge is 0.228 e. The van der Waals surface area contributed by atoms with Crippen LogP contribution in [0.25, 0.3) is 0 Å². The zero-order chi connectivity index (χ0) is 7.40. The van der Waals surface area contributed by atoms with Gasteiger partial charge in [0.25, 0.3) is 0 Å². The van der Waals surface area contributed by atoms with Crippen molar-refractivity contribution in [2.75, 3.05) is 13.6 Å². The van der Waals surface area contributed by atoms with Gasteiger partial charge >= 0.3 is 0 Å². The molecule has 3 nitrogen and oxygen atoms in total. The highest BCUT2D eigenvalue weighted by Crippen LogP contribution is 2.03. The van der Waals surface area contributed by atoms with Crippen LogP contribution in [0.5, 0.6) is 0 Å². The minimum absolute atomic E-state index is 0.181. The number of nitrogens with one attached hydrogen (secondary N) is 1. The fraction of sp³-hybridized carbons (Fsp3) is 0.833. The van der Waals surface area contributed by atoms with Gasteiger partial charge in [-0.3, -0.25) is 9.80 Å². The number of rotatable bonds is 1. The molecule has 0 aromatic rings. The summed E-state index contributed by atoms with van der Waals surface area (Å²) in [6.07, 6.45) is 2.72. The molecule has 4 heteroatoms. The molecule has 1 rings (SSSR count). The maximum Gasteiger partial charge on any atom is 0.228 e. The van der Waals surface area contributed by atoms with Crippen LogP contribution in [0, 0.1) is 0 Å². The molecule has 1 saturated heterocycles. The molecule has 1 N–H and O–H groups in total. The Kier molecular flexibility index (Phi) is 2.74. The molecule has 0 atom stereocenters. The Labute approximate surface area is 62.0 Å². The van der Waals surface area contributed by atoms with Crippen molar-refractivity contribution in [3.05, 3.63) is 0 Å². The Hall–Kier alpha value is -0.505. The number of hydrogen-bond acceptors (Lipinski definition) is 2. The standard InChI is InChI=1S/C6H12BN2O/c1-8-9-4-2-3-7-5-6(9)10/h8H,2-5H2,1H3. The average molecular weight is 139 g/mol. The van der Waals surface area contributed by atoms with Gasteiger partial charge in [0.1, 0.15) is 7.28 Å². The van der Waals surface area contributed by atoms with Gasteiger partial charge in [0.15, 0.2) is 0 Å². The van der Waals surface area contributed by atoms with Gasteiger partial charge in [-0.25, -0.2) is 5.43 Å². The van der Waals surface area contributed by atoms with Crippen molar-refractivity contribution in [3.63, 3.8) is 0 Å². The highest BCUT2D eigenvalue weighted by atomic mass is 16.2. The van der Waals surface area contributed by atoms with Gasteiger partial charge in [0, 0.05) is 13.6 Å². The number of hydrogen-bond donors (Lipinski definition) is 1. The third kappa shape index (κ3) is 1.74. The van der Waals surface area contributed by atoms with E-state index in [0.29, 0.717) is 6.32 Å². The van der Waals surface area contributed by atoms with E-state index in [1.165, 1.54) is 0 Å². The minimum atomic E-state index is 0.181. The third-order valence-corrected chi connectivity index (χ3v) is 1.68. The van der Waals surface area contributed by atoms with Crippen LogP contribution in [-0.2, 0) is 4.79 Å². The summed E-state index contributed by atoms with van der Waals surface area (Å²) < 4.78 is 0. The van der Waals surface area contributed by atoms with Crippen LogP contribution >= 0.6 is 0 Å². The lowest BCUT2D eigenvalue weighted by Crippen LogP contribution is -2.39. The van der Waals surface area contributed by atoms with Gasteiger partial charge in [-0.2, -0.15) is 0 Å². The molecule has 0 aromatic carbocycles. The van der Waals surface area contributed by atoms with Crippen molar-refractivity contribution in [2.45, 2.75) is 19.1 Å².